The molecule has 18 heavy (non-hydrogen) atoms. The number of carbonyl (C=O) groups is 1. The summed E-state index contributed by atoms with van der Waals surface area (Å²) in [6, 6.07) is 7.35. The Morgan fingerprint density at radius 2 is 2.33 bits per heavy atom. The summed E-state index contributed by atoms with van der Waals surface area (Å²) < 4.78 is 5.66. The number of anilines is 1. The van der Waals surface area contributed by atoms with Crippen LogP contribution in [0.25, 0.3) is 0 Å². The smallest absolute Gasteiger partial charge is 0.328 e. The van der Waals surface area contributed by atoms with Crippen molar-refractivity contribution in [2.75, 3.05) is 18.6 Å². The second-order valence-electron chi connectivity index (χ2n) is 4.18. The minimum atomic E-state index is -0.240. The van der Waals surface area contributed by atoms with Crippen LogP contribution >= 0.6 is 15.9 Å². The van der Waals surface area contributed by atoms with Crippen molar-refractivity contribution in [3.05, 3.63) is 28.2 Å². The average molecular weight is 309 g/mol. The number of benzene rings is 1. The van der Waals surface area contributed by atoms with Crippen LogP contribution in [0.5, 0.6) is 0 Å². The lowest BCUT2D eigenvalue weighted by atomic mass is 10.1. The molecule has 0 N–H and O–H groups in total. The molecular weight excluding hydrogens is 296 g/mol. The fourth-order valence-electron chi connectivity index (χ4n) is 2.26. The molecular formula is C13H13BrN2O2. The second kappa shape index (κ2) is 5.40. The molecule has 0 spiro atoms. The Morgan fingerprint density at radius 1 is 1.56 bits per heavy atom. The number of rotatable bonds is 2. The third-order valence-corrected chi connectivity index (χ3v) is 3.53. The van der Waals surface area contributed by atoms with E-state index in [9.17, 15) is 4.79 Å². The molecule has 1 aromatic carbocycles. The second-order valence-corrected chi connectivity index (χ2v) is 5.10. The monoisotopic (exact) mass is 308 g/mol. The van der Waals surface area contributed by atoms with E-state index < -0.39 is 0 Å². The molecule has 1 atom stereocenters. The lowest BCUT2D eigenvalue weighted by Gasteiger charge is -2.25. The first-order chi connectivity index (χ1) is 8.65. The number of nitrogens with zero attached hydrogens (tertiary/aromatic N) is 2. The Morgan fingerprint density at radius 3 is 3.00 bits per heavy atom. The van der Waals surface area contributed by atoms with E-state index in [1.54, 1.807) is 12.1 Å². The van der Waals surface area contributed by atoms with E-state index in [2.05, 4.69) is 22.0 Å². The normalized spacial score (nSPS) is 18.5. The highest BCUT2D eigenvalue weighted by Gasteiger charge is 2.31. The van der Waals surface area contributed by atoms with Crippen molar-refractivity contribution in [3.8, 4) is 6.07 Å². The molecule has 1 aromatic rings. The van der Waals surface area contributed by atoms with Gasteiger partial charge >= 0.3 is 5.97 Å². The summed E-state index contributed by atoms with van der Waals surface area (Å²) in [5.74, 6) is -0.217. The van der Waals surface area contributed by atoms with E-state index in [0.717, 1.165) is 29.5 Å². The van der Waals surface area contributed by atoms with Gasteiger partial charge in [-0.25, -0.2) is 4.79 Å². The molecule has 1 heterocycles. The Bertz CT molecular complexity index is 510. The molecule has 2 rings (SSSR count). The summed E-state index contributed by atoms with van der Waals surface area (Å²) in [5.41, 5.74) is 1.46. The van der Waals surface area contributed by atoms with Crippen molar-refractivity contribution in [1.29, 1.82) is 5.26 Å². The lowest BCUT2D eigenvalue weighted by Crippen LogP contribution is -2.36. The zero-order chi connectivity index (χ0) is 13.1. The number of carbonyl (C=O) groups excluding carboxylic acids is 1. The zero-order valence-electron chi connectivity index (χ0n) is 10.0. The molecule has 4 nitrogen and oxygen atoms in total. The summed E-state index contributed by atoms with van der Waals surface area (Å²) >= 11 is 3.38. The van der Waals surface area contributed by atoms with Crippen LogP contribution < -0.4 is 4.90 Å². The minimum Gasteiger partial charge on any atom is -0.467 e. The fraction of sp³-hybridized carbons (Fsp3) is 0.385. The highest BCUT2D eigenvalue weighted by atomic mass is 79.9. The first-order valence-corrected chi connectivity index (χ1v) is 6.50. The van der Waals surface area contributed by atoms with Gasteiger partial charge in [-0.1, -0.05) is 15.9 Å². The predicted molar refractivity (Wildman–Crippen MR) is 71.2 cm³/mol. The highest BCUT2D eigenvalue weighted by Crippen LogP contribution is 2.29. The Hall–Kier alpha value is -1.54. The van der Waals surface area contributed by atoms with Gasteiger partial charge in [0.05, 0.1) is 18.7 Å². The predicted octanol–water partition coefficient (Wildman–Crippen LogP) is 2.46. The summed E-state index contributed by atoms with van der Waals surface area (Å²) in [7, 11) is 1.40. The highest BCUT2D eigenvalue weighted by molar-refractivity contribution is 9.10. The summed E-state index contributed by atoms with van der Waals surface area (Å²) in [6.07, 6.45) is 1.75. The van der Waals surface area contributed by atoms with Gasteiger partial charge in [-0.15, -0.1) is 0 Å². The number of halogens is 1. The molecule has 5 heteroatoms. The number of esters is 1. The molecule has 1 unspecified atom stereocenters. The van der Waals surface area contributed by atoms with Gasteiger partial charge in [0.1, 0.15) is 6.04 Å². The maximum atomic E-state index is 11.7. The Balaban J connectivity index is 2.33. The van der Waals surface area contributed by atoms with Crippen molar-refractivity contribution >= 4 is 27.6 Å². The zero-order valence-corrected chi connectivity index (χ0v) is 11.6. The van der Waals surface area contributed by atoms with Crippen LogP contribution in [-0.4, -0.2) is 25.7 Å². The lowest BCUT2D eigenvalue weighted by molar-refractivity contribution is -0.141. The van der Waals surface area contributed by atoms with Gasteiger partial charge < -0.3 is 9.64 Å². The minimum absolute atomic E-state index is 0.217. The van der Waals surface area contributed by atoms with Crippen molar-refractivity contribution < 1.29 is 9.53 Å². The van der Waals surface area contributed by atoms with Gasteiger partial charge in [0.2, 0.25) is 0 Å². The van der Waals surface area contributed by atoms with Gasteiger partial charge in [0, 0.05) is 16.7 Å². The van der Waals surface area contributed by atoms with Crippen LogP contribution in [0.15, 0.2) is 22.7 Å². The van der Waals surface area contributed by atoms with E-state index in [1.165, 1.54) is 7.11 Å². The van der Waals surface area contributed by atoms with Crippen molar-refractivity contribution in [2.24, 2.45) is 0 Å². The molecule has 0 bridgehead atoms. The first-order valence-electron chi connectivity index (χ1n) is 5.71. The number of nitriles is 1. The molecule has 1 aliphatic rings. The molecule has 94 valence electrons. The Kier molecular flexibility index (Phi) is 3.87. The van der Waals surface area contributed by atoms with E-state index >= 15 is 0 Å². The molecule has 0 aromatic heterocycles. The molecule has 0 aliphatic carbocycles. The number of hydrogen-bond acceptors (Lipinski definition) is 4. The van der Waals surface area contributed by atoms with Crippen molar-refractivity contribution in [1.82, 2.24) is 0 Å². The van der Waals surface area contributed by atoms with Crippen LogP contribution in [0.4, 0.5) is 5.69 Å². The molecule has 0 amide bonds. The van der Waals surface area contributed by atoms with E-state index in [-0.39, 0.29) is 12.0 Å². The molecule has 1 aliphatic heterocycles. The Labute approximate surface area is 114 Å². The molecule has 1 fully saturated rings. The maximum Gasteiger partial charge on any atom is 0.328 e. The first kappa shape index (κ1) is 12.9. The van der Waals surface area contributed by atoms with Crippen molar-refractivity contribution in [2.45, 2.75) is 18.9 Å². The maximum absolute atomic E-state index is 11.7. The van der Waals surface area contributed by atoms with Gasteiger partial charge in [0.15, 0.2) is 0 Å². The van der Waals surface area contributed by atoms with Crippen LogP contribution in [0.2, 0.25) is 0 Å². The number of hydrogen-bond donors (Lipinski definition) is 0. The van der Waals surface area contributed by atoms with Gasteiger partial charge in [-0.2, -0.15) is 5.26 Å². The van der Waals surface area contributed by atoms with E-state index in [1.807, 2.05) is 11.0 Å². The average Bonchev–Trinajstić information content (AvgIpc) is 2.86. The number of ether oxygens (including phenoxy) is 1. The van der Waals surface area contributed by atoms with Crippen molar-refractivity contribution in [3.63, 3.8) is 0 Å². The van der Waals surface area contributed by atoms with Gasteiger partial charge in [0.25, 0.3) is 0 Å². The van der Waals surface area contributed by atoms with Crippen LogP contribution in [0.3, 0.4) is 0 Å². The van der Waals surface area contributed by atoms with Crippen LogP contribution in [0.1, 0.15) is 18.4 Å². The fourth-order valence-corrected chi connectivity index (χ4v) is 2.74. The third kappa shape index (κ3) is 2.49. The van der Waals surface area contributed by atoms with Gasteiger partial charge in [-0.05, 0) is 31.0 Å². The third-order valence-electron chi connectivity index (χ3n) is 3.07. The number of methoxy groups -OCH3 is 1. The van der Waals surface area contributed by atoms with Crippen LogP contribution in [-0.2, 0) is 9.53 Å². The summed E-state index contributed by atoms with van der Waals surface area (Å²) in [6.45, 7) is 0.807. The summed E-state index contributed by atoms with van der Waals surface area (Å²) in [5, 5.41) is 8.97. The summed E-state index contributed by atoms with van der Waals surface area (Å²) in [4.78, 5) is 13.7. The standard InChI is InChI=1S/C13H13BrN2O2/c1-18-13(17)12-3-2-4-16(12)11-6-9(8-15)5-10(14)7-11/h5-7,12H,2-4H2,1H3. The van der Waals surface area contributed by atoms with Crippen LogP contribution in [0, 0.1) is 11.3 Å². The van der Waals surface area contributed by atoms with E-state index in [0.29, 0.717) is 5.56 Å². The topological polar surface area (TPSA) is 53.3 Å². The SMILES string of the molecule is COC(=O)C1CCCN1c1cc(Br)cc(C#N)c1. The molecule has 0 radical (unpaired) electrons. The largest absolute Gasteiger partial charge is 0.467 e. The molecule has 0 saturated carbocycles. The van der Waals surface area contributed by atoms with Gasteiger partial charge in [-0.3, -0.25) is 0 Å². The molecule has 1 saturated heterocycles. The van der Waals surface area contributed by atoms with E-state index in [4.69, 9.17) is 10.00 Å². The quantitative estimate of drug-likeness (QED) is 0.788.